The lowest BCUT2D eigenvalue weighted by atomic mass is 10.1. The highest BCUT2D eigenvalue weighted by molar-refractivity contribution is 6.10. The fourth-order valence-electron chi connectivity index (χ4n) is 2.46. The quantitative estimate of drug-likeness (QED) is 0.576. The third-order valence-electron chi connectivity index (χ3n) is 4.18. The largest absolute Gasteiger partial charge is 0.391 e. The Hall–Kier alpha value is -2.40. The first kappa shape index (κ1) is 15.5. The van der Waals surface area contributed by atoms with E-state index in [1.807, 2.05) is 52.0 Å². The van der Waals surface area contributed by atoms with E-state index in [2.05, 4.69) is 9.97 Å². The van der Waals surface area contributed by atoms with Gasteiger partial charge in [-0.2, -0.15) is 4.89 Å². The summed E-state index contributed by atoms with van der Waals surface area (Å²) in [5.41, 5.74) is 2.45. The molecule has 0 radical (unpaired) electrons. The number of rotatable bonds is 4. The molecule has 23 heavy (non-hydrogen) atoms. The highest BCUT2D eigenvalue weighted by Crippen LogP contribution is 2.29. The van der Waals surface area contributed by atoms with Crippen molar-refractivity contribution in [3.05, 3.63) is 41.7 Å². The van der Waals surface area contributed by atoms with E-state index in [-0.39, 0.29) is 5.69 Å². The van der Waals surface area contributed by atoms with Crippen molar-refractivity contribution in [3.63, 3.8) is 0 Å². The number of carbonyl (C=O) groups excluding carboxylic acids is 1. The summed E-state index contributed by atoms with van der Waals surface area (Å²) in [6.07, 6.45) is 2.39. The lowest BCUT2D eigenvalue weighted by Gasteiger charge is -2.20. The van der Waals surface area contributed by atoms with E-state index in [1.165, 1.54) is 0 Å². The molecule has 2 aromatic heterocycles. The maximum atomic E-state index is 12.3. The molecule has 0 saturated carbocycles. The van der Waals surface area contributed by atoms with Gasteiger partial charge in [-0.15, -0.1) is 0 Å². The number of carbonyl (C=O) groups is 1. The fourth-order valence-corrected chi connectivity index (χ4v) is 2.46. The van der Waals surface area contributed by atoms with Gasteiger partial charge in [-0.05, 0) is 38.8 Å². The van der Waals surface area contributed by atoms with E-state index in [4.69, 9.17) is 9.78 Å². The summed E-state index contributed by atoms with van der Waals surface area (Å²) in [5.74, 6) is -0.573. The minimum atomic E-state index is -0.573. The number of pyridine rings is 1. The maximum Gasteiger partial charge on any atom is 0.391 e. The Labute approximate surface area is 134 Å². The first-order valence-corrected chi connectivity index (χ1v) is 7.69. The number of aromatic amines is 1. The van der Waals surface area contributed by atoms with Gasteiger partial charge in [0.2, 0.25) is 0 Å². The summed E-state index contributed by atoms with van der Waals surface area (Å²) >= 11 is 0. The third-order valence-corrected chi connectivity index (χ3v) is 4.18. The minimum absolute atomic E-state index is 0.272. The van der Waals surface area contributed by atoms with Crippen LogP contribution in [0.5, 0.6) is 0 Å². The Morgan fingerprint density at radius 1 is 1.26 bits per heavy atom. The van der Waals surface area contributed by atoms with Crippen LogP contribution in [0.2, 0.25) is 0 Å². The number of aryl methyl sites for hydroxylation is 1. The molecule has 0 amide bonds. The third kappa shape index (κ3) is 2.80. The van der Waals surface area contributed by atoms with E-state index in [0.717, 1.165) is 33.8 Å². The topological polar surface area (TPSA) is 64.2 Å². The maximum absolute atomic E-state index is 12.3. The van der Waals surface area contributed by atoms with Gasteiger partial charge in [0.1, 0.15) is 5.60 Å². The number of nitrogens with one attached hydrogen (secondary N) is 1. The van der Waals surface area contributed by atoms with Crippen LogP contribution < -0.4 is 0 Å². The lowest BCUT2D eigenvalue weighted by Crippen LogP contribution is -2.25. The molecule has 120 valence electrons. The van der Waals surface area contributed by atoms with Gasteiger partial charge < -0.3 is 4.98 Å². The van der Waals surface area contributed by atoms with Crippen LogP contribution in [0.4, 0.5) is 0 Å². The van der Waals surface area contributed by atoms with Crippen molar-refractivity contribution in [3.8, 4) is 0 Å². The Balaban J connectivity index is 2.00. The molecule has 0 bridgehead atoms. The molecule has 3 aromatic rings. The number of fused-ring (bicyclic) bond motifs is 3. The molecule has 2 heterocycles. The molecule has 0 aliphatic carbocycles. The normalized spacial score (nSPS) is 12.0. The monoisotopic (exact) mass is 312 g/mol. The number of benzene rings is 1. The molecule has 0 aliphatic rings. The molecular weight excluding hydrogens is 292 g/mol. The predicted molar refractivity (Wildman–Crippen MR) is 89.2 cm³/mol. The van der Waals surface area contributed by atoms with Gasteiger partial charge in [0, 0.05) is 16.3 Å². The first-order chi connectivity index (χ1) is 10.9. The molecule has 0 saturated heterocycles. The van der Waals surface area contributed by atoms with Crippen LogP contribution in [-0.2, 0) is 9.78 Å². The van der Waals surface area contributed by atoms with Crippen LogP contribution in [0, 0.1) is 6.92 Å². The van der Waals surface area contributed by atoms with Crippen molar-refractivity contribution >= 4 is 27.8 Å². The molecule has 1 aromatic carbocycles. The first-order valence-electron chi connectivity index (χ1n) is 7.69. The van der Waals surface area contributed by atoms with E-state index in [0.29, 0.717) is 0 Å². The van der Waals surface area contributed by atoms with E-state index in [9.17, 15) is 4.79 Å². The molecule has 0 aliphatic heterocycles. The summed E-state index contributed by atoms with van der Waals surface area (Å²) in [6.45, 7) is 7.57. The van der Waals surface area contributed by atoms with Crippen LogP contribution in [0.3, 0.4) is 0 Å². The van der Waals surface area contributed by atoms with Gasteiger partial charge in [0.05, 0.1) is 11.7 Å². The summed E-state index contributed by atoms with van der Waals surface area (Å²) in [7, 11) is 0. The van der Waals surface area contributed by atoms with Crippen LogP contribution in [-0.4, -0.2) is 21.5 Å². The second-order valence-corrected chi connectivity index (χ2v) is 6.26. The number of aromatic nitrogens is 2. The number of nitrogens with zero attached hydrogens (tertiary/aromatic N) is 1. The standard InChI is InChI=1S/C18H20N2O3/c1-5-18(3,4)23-22-17(21)16-11(2)15-12-8-6-7-9-13(12)20-14(15)10-19-16/h6-10,20H,5H2,1-4H3. The highest BCUT2D eigenvalue weighted by atomic mass is 17.2. The van der Waals surface area contributed by atoms with Crippen molar-refractivity contribution in [2.45, 2.75) is 39.7 Å². The van der Waals surface area contributed by atoms with E-state index in [1.54, 1.807) is 6.20 Å². The fraction of sp³-hybridized carbons (Fsp3) is 0.333. The van der Waals surface area contributed by atoms with Crippen molar-refractivity contribution in [2.75, 3.05) is 0 Å². The Bertz CT molecular complexity index is 880. The Kier molecular flexibility index (Phi) is 3.82. The smallest absolute Gasteiger partial charge is 0.353 e. The second kappa shape index (κ2) is 5.66. The van der Waals surface area contributed by atoms with Crippen molar-refractivity contribution in [2.24, 2.45) is 0 Å². The number of para-hydroxylation sites is 1. The van der Waals surface area contributed by atoms with Gasteiger partial charge in [-0.3, -0.25) is 4.89 Å². The molecule has 0 atom stereocenters. The Morgan fingerprint density at radius 3 is 2.74 bits per heavy atom. The zero-order valence-corrected chi connectivity index (χ0v) is 13.8. The van der Waals surface area contributed by atoms with Gasteiger partial charge in [-0.1, -0.05) is 25.1 Å². The number of hydrogen-bond acceptors (Lipinski definition) is 4. The summed E-state index contributed by atoms with van der Waals surface area (Å²) in [6, 6.07) is 7.96. The van der Waals surface area contributed by atoms with Crippen LogP contribution in [0.1, 0.15) is 43.2 Å². The predicted octanol–water partition coefficient (Wildman–Crippen LogP) is 4.30. The molecule has 3 rings (SSSR count). The molecule has 0 fully saturated rings. The molecule has 1 N–H and O–H groups in total. The lowest BCUT2D eigenvalue weighted by molar-refractivity contribution is -0.307. The summed E-state index contributed by atoms with van der Waals surface area (Å²) in [5, 5.41) is 2.04. The molecule has 0 spiro atoms. The zero-order chi connectivity index (χ0) is 16.6. The van der Waals surface area contributed by atoms with Crippen molar-refractivity contribution in [1.82, 2.24) is 9.97 Å². The molecule has 5 heteroatoms. The summed E-state index contributed by atoms with van der Waals surface area (Å²) in [4.78, 5) is 30.1. The summed E-state index contributed by atoms with van der Waals surface area (Å²) < 4.78 is 0. The minimum Gasteiger partial charge on any atom is -0.353 e. The SMILES string of the molecule is CCC(C)(C)OOC(=O)c1ncc2[nH]c3ccccc3c2c1C. The second-order valence-electron chi connectivity index (χ2n) is 6.26. The number of hydrogen-bond donors (Lipinski definition) is 1. The average molecular weight is 312 g/mol. The van der Waals surface area contributed by atoms with Gasteiger partial charge in [-0.25, -0.2) is 9.78 Å². The van der Waals surface area contributed by atoms with Gasteiger partial charge in [0.25, 0.3) is 0 Å². The van der Waals surface area contributed by atoms with Gasteiger partial charge in [0.15, 0.2) is 5.69 Å². The van der Waals surface area contributed by atoms with Crippen LogP contribution in [0.15, 0.2) is 30.5 Å². The number of H-pyrrole nitrogens is 1. The molecular formula is C18H20N2O3. The van der Waals surface area contributed by atoms with Crippen LogP contribution in [0.25, 0.3) is 21.8 Å². The molecule has 0 unspecified atom stereocenters. The van der Waals surface area contributed by atoms with Crippen molar-refractivity contribution in [1.29, 1.82) is 0 Å². The van der Waals surface area contributed by atoms with Crippen LogP contribution >= 0.6 is 0 Å². The average Bonchev–Trinajstić information content (AvgIpc) is 2.92. The zero-order valence-electron chi connectivity index (χ0n) is 13.8. The molecule has 5 nitrogen and oxygen atoms in total. The van der Waals surface area contributed by atoms with E-state index >= 15 is 0 Å². The van der Waals surface area contributed by atoms with Crippen molar-refractivity contribution < 1.29 is 14.6 Å². The Morgan fingerprint density at radius 2 is 2.00 bits per heavy atom. The van der Waals surface area contributed by atoms with Gasteiger partial charge >= 0.3 is 5.97 Å². The van der Waals surface area contributed by atoms with E-state index < -0.39 is 11.6 Å². The highest BCUT2D eigenvalue weighted by Gasteiger charge is 2.23.